The lowest BCUT2D eigenvalue weighted by Gasteiger charge is -2.15. The van der Waals surface area contributed by atoms with Gasteiger partial charge >= 0.3 is 5.97 Å². The van der Waals surface area contributed by atoms with Gasteiger partial charge < -0.3 is 15.0 Å². The Hall–Kier alpha value is -4.23. The minimum Gasteiger partial charge on any atom is -0.481 e. The van der Waals surface area contributed by atoms with Crippen LogP contribution in [-0.2, 0) is 23.1 Å². The minimum absolute atomic E-state index is 0.122. The summed E-state index contributed by atoms with van der Waals surface area (Å²) in [5.41, 5.74) is 4.86. The Kier molecular flexibility index (Phi) is 5.93. The number of imidazole rings is 1. The van der Waals surface area contributed by atoms with Crippen molar-refractivity contribution in [2.75, 3.05) is 5.32 Å². The first-order valence-electron chi connectivity index (χ1n) is 11.0. The number of hydrogen-bond acceptors (Lipinski definition) is 4. The van der Waals surface area contributed by atoms with Gasteiger partial charge in [-0.25, -0.2) is 4.98 Å². The molecule has 1 aliphatic rings. The van der Waals surface area contributed by atoms with Gasteiger partial charge in [0.15, 0.2) is 0 Å². The molecule has 2 N–H and O–H groups in total. The van der Waals surface area contributed by atoms with Crippen LogP contribution in [-0.4, -0.2) is 32.2 Å². The summed E-state index contributed by atoms with van der Waals surface area (Å²) in [4.78, 5) is 33.7. The SMILES string of the molecule is Cn1ccnc1-c1ccc(N=C(c2cccc(CC(=O)O)c2)C2C(=O)Nc3cc(Cl)ccc32)cc1. The fourth-order valence-electron chi connectivity index (χ4n) is 4.28. The van der Waals surface area contributed by atoms with E-state index >= 15 is 0 Å². The van der Waals surface area contributed by atoms with Crippen LogP contribution in [0.15, 0.2) is 84.1 Å². The van der Waals surface area contributed by atoms with Crippen LogP contribution >= 0.6 is 11.6 Å². The quantitative estimate of drug-likeness (QED) is 0.366. The third-order valence-corrected chi connectivity index (χ3v) is 6.13. The van der Waals surface area contributed by atoms with E-state index in [9.17, 15) is 14.7 Å². The maximum Gasteiger partial charge on any atom is 0.307 e. The van der Waals surface area contributed by atoms with Gasteiger partial charge in [-0.3, -0.25) is 14.6 Å². The van der Waals surface area contributed by atoms with Gasteiger partial charge in [0.05, 0.1) is 17.8 Å². The molecule has 0 saturated heterocycles. The third-order valence-electron chi connectivity index (χ3n) is 5.89. The van der Waals surface area contributed by atoms with Crippen molar-refractivity contribution in [2.24, 2.45) is 12.0 Å². The van der Waals surface area contributed by atoms with Gasteiger partial charge in [0.2, 0.25) is 5.91 Å². The van der Waals surface area contributed by atoms with Crippen molar-refractivity contribution in [2.45, 2.75) is 12.3 Å². The van der Waals surface area contributed by atoms with Crippen LogP contribution in [0.2, 0.25) is 5.02 Å². The van der Waals surface area contributed by atoms with Gasteiger partial charge in [-0.1, -0.05) is 35.9 Å². The molecule has 1 aliphatic heterocycles. The molecule has 4 aromatic rings. The number of carbonyl (C=O) groups is 2. The molecule has 174 valence electrons. The number of aryl methyl sites for hydroxylation is 1. The number of anilines is 1. The molecule has 7 nitrogen and oxygen atoms in total. The molecule has 2 heterocycles. The summed E-state index contributed by atoms with van der Waals surface area (Å²) < 4.78 is 1.93. The number of hydrogen-bond donors (Lipinski definition) is 2. The van der Waals surface area contributed by atoms with Crippen molar-refractivity contribution in [3.05, 3.63) is 101 Å². The van der Waals surface area contributed by atoms with E-state index in [0.717, 1.165) is 17.0 Å². The lowest BCUT2D eigenvalue weighted by Crippen LogP contribution is -2.22. The highest BCUT2D eigenvalue weighted by Gasteiger charge is 2.35. The zero-order valence-corrected chi connectivity index (χ0v) is 19.5. The van der Waals surface area contributed by atoms with Crippen LogP contribution in [0, 0.1) is 0 Å². The number of nitrogens with zero attached hydrogens (tertiary/aromatic N) is 3. The molecule has 35 heavy (non-hydrogen) atoms. The van der Waals surface area contributed by atoms with E-state index in [-0.39, 0.29) is 12.3 Å². The number of fused-ring (bicyclic) bond motifs is 1. The lowest BCUT2D eigenvalue weighted by molar-refractivity contribution is -0.136. The Labute approximate surface area is 206 Å². The van der Waals surface area contributed by atoms with Gasteiger partial charge in [0.25, 0.3) is 0 Å². The van der Waals surface area contributed by atoms with E-state index < -0.39 is 11.9 Å². The van der Waals surface area contributed by atoms with E-state index in [1.807, 2.05) is 54.2 Å². The van der Waals surface area contributed by atoms with E-state index in [0.29, 0.717) is 33.2 Å². The van der Waals surface area contributed by atoms with Crippen molar-refractivity contribution >= 4 is 40.6 Å². The Bertz CT molecular complexity index is 1470. The molecule has 1 atom stereocenters. The maximum absolute atomic E-state index is 13.1. The van der Waals surface area contributed by atoms with Crippen LogP contribution in [0.5, 0.6) is 0 Å². The van der Waals surface area contributed by atoms with Gasteiger partial charge in [-0.15, -0.1) is 0 Å². The van der Waals surface area contributed by atoms with Crippen LogP contribution < -0.4 is 5.32 Å². The second-order valence-corrected chi connectivity index (χ2v) is 8.77. The molecule has 0 bridgehead atoms. The molecule has 1 amide bonds. The Morgan fingerprint density at radius 2 is 1.94 bits per heavy atom. The molecular formula is C27H21ClN4O3. The van der Waals surface area contributed by atoms with Crippen LogP contribution in [0.4, 0.5) is 11.4 Å². The molecule has 0 saturated carbocycles. The summed E-state index contributed by atoms with van der Waals surface area (Å²) in [6.45, 7) is 0. The number of halogens is 1. The average Bonchev–Trinajstić information content (AvgIpc) is 3.39. The smallest absolute Gasteiger partial charge is 0.307 e. The summed E-state index contributed by atoms with van der Waals surface area (Å²) in [6, 6.07) is 20.0. The number of benzene rings is 3. The number of aliphatic imine (C=N–C) groups is 1. The second kappa shape index (κ2) is 9.19. The normalized spacial score (nSPS) is 15.1. The molecular weight excluding hydrogens is 464 g/mol. The monoisotopic (exact) mass is 484 g/mol. The highest BCUT2D eigenvalue weighted by atomic mass is 35.5. The summed E-state index contributed by atoms with van der Waals surface area (Å²) >= 11 is 6.14. The molecule has 0 fully saturated rings. The first kappa shape index (κ1) is 22.6. The van der Waals surface area contributed by atoms with Crippen LogP contribution in [0.25, 0.3) is 11.4 Å². The number of aliphatic carboxylic acids is 1. The number of rotatable bonds is 6. The lowest BCUT2D eigenvalue weighted by atomic mass is 9.89. The standard InChI is InChI=1S/C27H21ClN4O3/c1-32-12-11-29-26(32)17-5-8-20(9-6-17)30-25(18-4-2-3-16(13-18)14-23(33)34)24-21-10-7-19(28)15-22(21)31-27(24)35/h2-13,15,24H,14H2,1H3,(H,31,35)(H,33,34). The van der Waals surface area contributed by atoms with E-state index in [2.05, 4.69) is 10.3 Å². The largest absolute Gasteiger partial charge is 0.481 e. The summed E-state index contributed by atoms with van der Waals surface area (Å²) in [6.07, 6.45) is 3.50. The Morgan fingerprint density at radius 1 is 1.14 bits per heavy atom. The number of carboxylic acid groups (broad SMARTS) is 1. The van der Waals surface area contributed by atoms with Crippen molar-refractivity contribution in [3.63, 3.8) is 0 Å². The van der Waals surface area contributed by atoms with E-state index in [4.69, 9.17) is 16.6 Å². The van der Waals surface area contributed by atoms with Gasteiger partial charge in [-0.2, -0.15) is 0 Å². The topological polar surface area (TPSA) is 96.6 Å². The highest BCUT2D eigenvalue weighted by Crippen LogP contribution is 2.38. The molecule has 1 aromatic heterocycles. The second-order valence-electron chi connectivity index (χ2n) is 8.33. The predicted molar refractivity (Wildman–Crippen MR) is 135 cm³/mol. The molecule has 5 rings (SSSR count). The predicted octanol–water partition coefficient (Wildman–Crippen LogP) is 5.22. The number of carbonyl (C=O) groups excluding carboxylic acids is 1. The zero-order chi connectivity index (χ0) is 24.5. The number of nitrogens with one attached hydrogen (secondary N) is 1. The summed E-state index contributed by atoms with van der Waals surface area (Å²) in [7, 11) is 1.93. The molecule has 0 spiro atoms. The van der Waals surface area contributed by atoms with Crippen molar-refractivity contribution in [1.29, 1.82) is 0 Å². The zero-order valence-electron chi connectivity index (χ0n) is 18.8. The van der Waals surface area contributed by atoms with Gasteiger partial charge in [0.1, 0.15) is 11.7 Å². The maximum atomic E-state index is 13.1. The fourth-order valence-corrected chi connectivity index (χ4v) is 4.46. The van der Waals surface area contributed by atoms with Crippen LogP contribution in [0.1, 0.15) is 22.6 Å². The van der Waals surface area contributed by atoms with Gasteiger partial charge in [-0.05, 0) is 59.2 Å². The first-order valence-corrected chi connectivity index (χ1v) is 11.3. The first-order chi connectivity index (χ1) is 16.9. The summed E-state index contributed by atoms with van der Waals surface area (Å²) in [5, 5.41) is 12.7. The van der Waals surface area contributed by atoms with Crippen molar-refractivity contribution in [1.82, 2.24) is 9.55 Å². The number of aromatic nitrogens is 2. The highest BCUT2D eigenvalue weighted by molar-refractivity contribution is 6.31. The summed E-state index contributed by atoms with van der Waals surface area (Å²) in [5.74, 6) is -0.974. The Morgan fingerprint density at radius 3 is 2.66 bits per heavy atom. The molecule has 3 aromatic carbocycles. The Balaban J connectivity index is 1.61. The fraction of sp³-hybridized carbons (Fsp3) is 0.111. The van der Waals surface area contributed by atoms with Crippen molar-refractivity contribution < 1.29 is 14.7 Å². The number of carboxylic acids is 1. The number of amides is 1. The van der Waals surface area contributed by atoms with Crippen molar-refractivity contribution in [3.8, 4) is 11.4 Å². The molecule has 8 heteroatoms. The molecule has 1 unspecified atom stereocenters. The molecule has 0 radical (unpaired) electrons. The van der Waals surface area contributed by atoms with E-state index in [1.54, 1.807) is 36.5 Å². The van der Waals surface area contributed by atoms with E-state index in [1.165, 1.54) is 0 Å². The minimum atomic E-state index is -0.927. The van der Waals surface area contributed by atoms with Crippen LogP contribution in [0.3, 0.4) is 0 Å². The third kappa shape index (κ3) is 4.58. The van der Waals surface area contributed by atoms with Gasteiger partial charge in [0, 0.05) is 35.7 Å². The average molecular weight is 485 g/mol. The molecule has 0 aliphatic carbocycles.